The average Bonchev–Trinajstić information content (AvgIpc) is 2.26. The fourth-order valence-electron chi connectivity index (χ4n) is 1.78. The Morgan fingerprint density at radius 1 is 1.27 bits per heavy atom. The molecule has 0 aromatic rings. The molecule has 3 N–H and O–H groups in total. The number of aliphatic hydroxyl groups is 3. The molecule has 0 aliphatic rings. The van der Waals surface area contributed by atoms with E-state index in [0.29, 0.717) is 0 Å². The molecule has 0 amide bonds. The molecule has 0 unspecified atom stereocenters. The Kier molecular flexibility index (Phi) is 7.65. The van der Waals surface area contributed by atoms with Gasteiger partial charge in [-0.25, -0.2) is 0 Å². The minimum absolute atomic E-state index is 0.0730. The highest BCUT2D eigenvalue weighted by molar-refractivity contribution is 4.90. The second-order valence-electron chi connectivity index (χ2n) is 4.13. The first-order valence-corrected chi connectivity index (χ1v) is 5.68. The first-order valence-electron chi connectivity index (χ1n) is 5.68. The maximum absolute atomic E-state index is 9.85. The molecule has 0 heterocycles. The molecule has 0 rings (SSSR count). The third-order valence-electron chi connectivity index (χ3n) is 2.97. The molecule has 4 atom stereocenters. The Morgan fingerprint density at radius 2 is 1.87 bits per heavy atom. The van der Waals surface area contributed by atoms with Crippen molar-refractivity contribution in [1.82, 2.24) is 0 Å². The third kappa shape index (κ3) is 4.78. The summed E-state index contributed by atoms with van der Waals surface area (Å²) in [4.78, 5) is 0. The van der Waals surface area contributed by atoms with Gasteiger partial charge in [0.1, 0.15) is 0 Å². The van der Waals surface area contributed by atoms with Crippen molar-refractivity contribution in [1.29, 1.82) is 0 Å². The van der Waals surface area contributed by atoms with Crippen molar-refractivity contribution in [2.75, 3.05) is 6.61 Å². The topological polar surface area (TPSA) is 60.7 Å². The highest BCUT2D eigenvalue weighted by atomic mass is 16.3. The lowest BCUT2D eigenvalue weighted by molar-refractivity contribution is 0.00438. The van der Waals surface area contributed by atoms with Gasteiger partial charge >= 0.3 is 0 Å². The van der Waals surface area contributed by atoms with Crippen molar-refractivity contribution >= 4 is 0 Å². The zero-order valence-corrected chi connectivity index (χ0v) is 9.76. The molecule has 0 radical (unpaired) electrons. The van der Waals surface area contributed by atoms with Crippen LogP contribution in [0.15, 0.2) is 12.7 Å². The zero-order valence-electron chi connectivity index (χ0n) is 9.76. The molecule has 3 nitrogen and oxygen atoms in total. The Hall–Kier alpha value is -0.380. The van der Waals surface area contributed by atoms with Crippen LogP contribution in [-0.2, 0) is 0 Å². The van der Waals surface area contributed by atoms with E-state index >= 15 is 0 Å². The maximum atomic E-state index is 9.85. The summed E-state index contributed by atoms with van der Waals surface area (Å²) in [6, 6.07) is 0. The van der Waals surface area contributed by atoms with Crippen LogP contribution in [0, 0.1) is 11.8 Å². The summed E-state index contributed by atoms with van der Waals surface area (Å²) in [7, 11) is 0. The van der Waals surface area contributed by atoms with E-state index in [1.165, 1.54) is 0 Å². The van der Waals surface area contributed by atoms with Crippen LogP contribution in [0.25, 0.3) is 0 Å². The lowest BCUT2D eigenvalue weighted by Crippen LogP contribution is -2.34. The minimum Gasteiger partial charge on any atom is -0.394 e. The second-order valence-corrected chi connectivity index (χ2v) is 4.13. The summed E-state index contributed by atoms with van der Waals surface area (Å²) >= 11 is 0. The summed E-state index contributed by atoms with van der Waals surface area (Å²) in [5.74, 6) is -0.321. The van der Waals surface area contributed by atoms with Crippen LogP contribution in [0.1, 0.15) is 33.1 Å². The van der Waals surface area contributed by atoms with Gasteiger partial charge < -0.3 is 15.3 Å². The molecular formula is C12H24O3. The van der Waals surface area contributed by atoms with Gasteiger partial charge in [-0.15, -0.1) is 6.58 Å². The van der Waals surface area contributed by atoms with Gasteiger partial charge in [0.2, 0.25) is 0 Å². The molecule has 0 fully saturated rings. The van der Waals surface area contributed by atoms with Crippen LogP contribution < -0.4 is 0 Å². The van der Waals surface area contributed by atoms with Crippen molar-refractivity contribution in [2.45, 2.75) is 45.3 Å². The molecule has 0 saturated heterocycles. The molecule has 3 heteroatoms. The predicted molar refractivity (Wildman–Crippen MR) is 61.5 cm³/mol. The molecule has 0 aliphatic carbocycles. The molecule has 0 aliphatic heterocycles. The molecule has 0 saturated carbocycles. The van der Waals surface area contributed by atoms with Crippen LogP contribution in [-0.4, -0.2) is 34.1 Å². The van der Waals surface area contributed by atoms with E-state index < -0.39 is 12.2 Å². The van der Waals surface area contributed by atoms with Crippen molar-refractivity contribution in [3.63, 3.8) is 0 Å². The quantitative estimate of drug-likeness (QED) is 0.536. The van der Waals surface area contributed by atoms with E-state index in [-0.39, 0.29) is 18.4 Å². The third-order valence-corrected chi connectivity index (χ3v) is 2.97. The van der Waals surface area contributed by atoms with Crippen molar-refractivity contribution in [2.24, 2.45) is 11.8 Å². The average molecular weight is 216 g/mol. The van der Waals surface area contributed by atoms with Crippen LogP contribution >= 0.6 is 0 Å². The molecule has 0 aromatic carbocycles. The Balaban J connectivity index is 4.23. The standard InChI is InChI=1S/C12H24O3/c1-4-6-7-11(14)9(3)10(5-2)12(15)8-13/h5,9-15H,2,4,6-8H2,1,3H3/t9-,10+,11-,12-/m1/s1. The van der Waals surface area contributed by atoms with Gasteiger partial charge in [-0.05, 0) is 12.3 Å². The number of hydrogen-bond acceptors (Lipinski definition) is 3. The van der Waals surface area contributed by atoms with E-state index in [9.17, 15) is 10.2 Å². The monoisotopic (exact) mass is 216 g/mol. The summed E-state index contributed by atoms with van der Waals surface area (Å²) in [6.45, 7) is 7.30. The Bertz CT molecular complexity index is 170. The lowest BCUT2D eigenvalue weighted by Gasteiger charge is -2.28. The van der Waals surface area contributed by atoms with Crippen LogP contribution in [0.4, 0.5) is 0 Å². The van der Waals surface area contributed by atoms with Gasteiger partial charge in [0.15, 0.2) is 0 Å². The number of aliphatic hydroxyl groups excluding tert-OH is 3. The highest BCUT2D eigenvalue weighted by Crippen LogP contribution is 2.23. The Morgan fingerprint density at radius 3 is 2.27 bits per heavy atom. The summed E-state index contributed by atoms with van der Waals surface area (Å²) in [5.41, 5.74) is 0. The van der Waals surface area contributed by atoms with Gasteiger partial charge in [-0.1, -0.05) is 32.8 Å². The highest BCUT2D eigenvalue weighted by Gasteiger charge is 2.26. The summed E-state index contributed by atoms with van der Waals surface area (Å²) in [6.07, 6.45) is 3.11. The zero-order chi connectivity index (χ0) is 11.8. The minimum atomic E-state index is -0.825. The first kappa shape index (κ1) is 14.6. The summed E-state index contributed by atoms with van der Waals surface area (Å²) in [5, 5.41) is 28.2. The molecule has 15 heavy (non-hydrogen) atoms. The fourth-order valence-corrected chi connectivity index (χ4v) is 1.78. The number of unbranched alkanes of at least 4 members (excludes halogenated alkanes) is 1. The SMILES string of the molecule is C=C[C@@H]([C@@H](C)[C@H](O)CCCC)[C@H](O)CO. The van der Waals surface area contributed by atoms with Gasteiger partial charge in [-0.3, -0.25) is 0 Å². The van der Waals surface area contributed by atoms with E-state index in [0.717, 1.165) is 19.3 Å². The van der Waals surface area contributed by atoms with Crippen molar-refractivity contribution in [3.05, 3.63) is 12.7 Å². The van der Waals surface area contributed by atoms with Crippen LogP contribution in [0.5, 0.6) is 0 Å². The predicted octanol–water partition coefficient (Wildman–Crippen LogP) is 1.33. The van der Waals surface area contributed by atoms with E-state index in [4.69, 9.17) is 5.11 Å². The van der Waals surface area contributed by atoms with Crippen molar-refractivity contribution < 1.29 is 15.3 Å². The van der Waals surface area contributed by atoms with Crippen molar-refractivity contribution in [3.8, 4) is 0 Å². The van der Waals surface area contributed by atoms with E-state index in [1.54, 1.807) is 6.08 Å². The van der Waals surface area contributed by atoms with E-state index in [2.05, 4.69) is 13.5 Å². The number of rotatable bonds is 8. The van der Waals surface area contributed by atoms with Gasteiger partial charge in [0.05, 0.1) is 18.8 Å². The smallest absolute Gasteiger partial charge is 0.0836 e. The van der Waals surface area contributed by atoms with Crippen LogP contribution in [0.3, 0.4) is 0 Å². The Labute approximate surface area is 92.4 Å². The normalized spacial score (nSPS) is 19.3. The van der Waals surface area contributed by atoms with Gasteiger partial charge in [0, 0.05) is 5.92 Å². The molecular weight excluding hydrogens is 192 g/mol. The van der Waals surface area contributed by atoms with Crippen LogP contribution in [0.2, 0.25) is 0 Å². The second kappa shape index (κ2) is 7.85. The molecule has 90 valence electrons. The number of hydrogen-bond donors (Lipinski definition) is 3. The molecule has 0 aromatic heterocycles. The van der Waals surface area contributed by atoms with Gasteiger partial charge in [0.25, 0.3) is 0 Å². The maximum Gasteiger partial charge on any atom is 0.0836 e. The molecule has 0 bridgehead atoms. The molecule has 0 spiro atoms. The lowest BCUT2D eigenvalue weighted by atomic mass is 9.83. The van der Waals surface area contributed by atoms with Gasteiger partial charge in [-0.2, -0.15) is 0 Å². The summed E-state index contributed by atoms with van der Waals surface area (Å²) < 4.78 is 0. The van der Waals surface area contributed by atoms with E-state index in [1.807, 2.05) is 6.92 Å². The largest absolute Gasteiger partial charge is 0.394 e. The first-order chi connectivity index (χ1) is 7.08. The fraction of sp³-hybridized carbons (Fsp3) is 0.833.